The van der Waals surface area contributed by atoms with Crippen molar-refractivity contribution in [3.63, 3.8) is 0 Å². The molecule has 2 N–H and O–H groups in total. The molecule has 0 spiro atoms. The molecule has 3 nitrogen and oxygen atoms in total. The predicted octanol–water partition coefficient (Wildman–Crippen LogP) is 3.01. The van der Waals surface area contributed by atoms with Crippen molar-refractivity contribution in [2.24, 2.45) is 0 Å². The molecule has 4 heteroatoms. The van der Waals surface area contributed by atoms with Crippen LogP contribution in [0.5, 0.6) is 0 Å². The van der Waals surface area contributed by atoms with Gasteiger partial charge in [-0.15, -0.1) is 17.9 Å². The average molecular weight is 239 g/mol. The van der Waals surface area contributed by atoms with Gasteiger partial charge in [-0.05, 0) is 33.3 Å². The molecule has 16 heavy (non-hydrogen) atoms. The Morgan fingerprint density at radius 2 is 2.25 bits per heavy atom. The molecule has 1 aromatic rings. The second kappa shape index (κ2) is 4.70. The van der Waals surface area contributed by atoms with E-state index in [1.54, 1.807) is 12.1 Å². The lowest BCUT2D eigenvalue weighted by Gasteiger charge is -2.19. The molecule has 0 aromatic carbocycles. The Hall–Kier alpha value is -1.29. The van der Waals surface area contributed by atoms with E-state index >= 15 is 0 Å². The van der Waals surface area contributed by atoms with E-state index in [1.165, 1.54) is 11.3 Å². The monoisotopic (exact) mass is 239 g/mol. The molecule has 1 heterocycles. The summed E-state index contributed by atoms with van der Waals surface area (Å²) in [6.45, 7) is 9.14. The van der Waals surface area contributed by atoms with Crippen LogP contribution in [0.3, 0.4) is 0 Å². The van der Waals surface area contributed by atoms with Crippen molar-refractivity contribution < 1.29 is 9.53 Å². The molecular formula is C12H17NO2S. The summed E-state index contributed by atoms with van der Waals surface area (Å²) >= 11 is 1.40. The first kappa shape index (κ1) is 12.8. The SMILES string of the molecule is C=CCc1cc(C(=O)OC(C)(C)C)c(N)s1. The van der Waals surface area contributed by atoms with Gasteiger partial charge in [-0.25, -0.2) is 4.79 Å². The maximum atomic E-state index is 11.8. The molecule has 0 aliphatic rings. The number of rotatable bonds is 3. The lowest BCUT2D eigenvalue weighted by molar-refractivity contribution is 0.00712. The van der Waals surface area contributed by atoms with Crippen molar-refractivity contribution in [2.45, 2.75) is 32.8 Å². The second-order valence-electron chi connectivity index (χ2n) is 4.49. The fraction of sp³-hybridized carbons (Fsp3) is 0.417. The number of ether oxygens (including phenoxy) is 1. The first-order chi connectivity index (χ1) is 7.33. The number of esters is 1. The third-order valence-corrected chi connectivity index (χ3v) is 2.76. The molecule has 0 aliphatic carbocycles. The molecule has 0 atom stereocenters. The smallest absolute Gasteiger partial charge is 0.341 e. The summed E-state index contributed by atoms with van der Waals surface area (Å²) in [5.74, 6) is -0.364. The molecular weight excluding hydrogens is 222 g/mol. The highest BCUT2D eigenvalue weighted by atomic mass is 32.1. The number of allylic oxidation sites excluding steroid dienone is 1. The molecule has 0 saturated carbocycles. The minimum absolute atomic E-state index is 0.364. The van der Waals surface area contributed by atoms with Gasteiger partial charge in [0.2, 0.25) is 0 Å². The van der Waals surface area contributed by atoms with Gasteiger partial charge in [-0.1, -0.05) is 6.08 Å². The van der Waals surface area contributed by atoms with Crippen LogP contribution in [0.15, 0.2) is 18.7 Å². The minimum atomic E-state index is -0.496. The number of anilines is 1. The van der Waals surface area contributed by atoms with Crippen molar-refractivity contribution in [1.29, 1.82) is 0 Å². The van der Waals surface area contributed by atoms with Gasteiger partial charge < -0.3 is 10.5 Å². The van der Waals surface area contributed by atoms with Crippen molar-refractivity contribution in [3.8, 4) is 0 Å². The van der Waals surface area contributed by atoms with Gasteiger partial charge in [-0.3, -0.25) is 0 Å². The van der Waals surface area contributed by atoms with E-state index in [4.69, 9.17) is 10.5 Å². The maximum Gasteiger partial charge on any atom is 0.341 e. The summed E-state index contributed by atoms with van der Waals surface area (Å²) in [4.78, 5) is 12.8. The van der Waals surface area contributed by atoms with Gasteiger partial charge in [0, 0.05) is 4.88 Å². The zero-order valence-electron chi connectivity index (χ0n) is 9.87. The third kappa shape index (κ3) is 3.38. The van der Waals surface area contributed by atoms with Crippen LogP contribution in [0.25, 0.3) is 0 Å². The third-order valence-electron chi connectivity index (χ3n) is 1.78. The van der Waals surface area contributed by atoms with E-state index in [0.29, 0.717) is 10.6 Å². The van der Waals surface area contributed by atoms with Crippen LogP contribution in [0.1, 0.15) is 36.0 Å². The van der Waals surface area contributed by atoms with Gasteiger partial charge in [-0.2, -0.15) is 0 Å². The molecule has 0 bridgehead atoms. The van der Waals surface area contributed by atoms with Crippen LogP contribution in [-0.2, 0) is 11.2 Å². The number of nitrogens with two attached hydrogens (primary N) is 1. The normalized spacial score (nSPS) is 11.2. The van der Waals surface area contributed by atoms with Crippen LogP contribution >= 0.6 is 11.3 Å². The number of carbonyl (C=O) groups excluding carboxylic acids is 1. The Balaban J connectivity index is 2.87. The fourth-order valence-corrected chi connectivity index (χ4v) is 2.11. The number of thiophene rings is 1. The first-order valence-electron chi connectivity index (χ1n) is 5.06. The van der Waals surface area contributed by atoms with E-state index in [9.17, 15) is 4.79 Å². The van der Waals surface area contributed by atoms with Gasteiger partial charge in [0.05, 0.1) is 5.56 Å². The highest BCUT2D eigenvalue weighted by molar-refractivity contribution is 7.16. The second-order valence-corrected chi connectivity index (χ2v) is 5.65. The Labute approximate surface area is 99.9 Å². The highest BCUT2D eigenvalue weighted by Crippen LogP contribution is 2.27. The van der Waals surface area contributed by atoms with Crippen LogP contribution in [-0.4, -0.2) is 11.6 Å². The molecule has 1 rings (SSSR count). The predicted molar refractivity (Wildman–Crippen MR) is 67.8 cm³/mol. The average Bonchev–Trinajstić information content (AvgIpc) is 2.44. The number of hydrogen-bond donors (Lipinski definition) is 1. The summed E-state index contributed by atoms with van der Waals surface area (Å²) in [7, 11) is 0. The maximum absolute atomic E-state index is 11.8. The Morgan fingerprint density at radius 1 is 1.62 bits per heavy atom. The molecule has 0 aliphatic heterocycles. The summed E-state index contributed by atoms with van der Waals surface area (Å²) in [5.41, 5.74) is 5.73. The Bertz CT molecular complexity index is 402. The van der Waals surface area contributed by atoms with E-state index in [0.717, 1.165) is 11.3 Å². The van der Waals surface area contributed by atoms with Crippen LogP contribution in [0.2, 0.25) is 0 Å². The Kier molecular flexibility index (Phi) is 3.75. The lowest BCUT2D eigenvalue weighted by Crippen LogP contribution is -2.24. The molecule has 0 unspecified atom stereocenters. The zero-order valence-corrected chi connectivity index (χ0v) is 10.7. The van der Waals surface area contributed by atoms with Gasteiger partial charge in [0.25, 0.3) is 0 Å². The van der Waals surface area contributed by atoms with Crippen LogP contribution < -0.4 is 5.73 Å². The van der Waals surface area contributed by atoms with E-state index in [2.05, 4.69) is 6.58 Å². The standard InChI is InChI=1S/C12H17NO2S/c1-5-6-8-7-9(10(13)16-8)11(14)15-12(2,3)4/h5,7H,1,6,13H2,2-4H3. The summed E-state index contributed by atoms with van der Waals surface area (Å²) in [5, 5.41) is 0.506. The molecule has 88 valence electrons. The lowest BCUT2D eigenvalue weighted by atomic mass is 10.2. The highest BCUT2D eigenvalue weighted by Gasteiger charge is 2.21. The molecule has 0 saturated heterocycles. The summed E-state index contributed by atoms with van der Waals surface area (Å²) < 4.78 is 5.26. The fourth-order valence-electron chi connectivity index (χ4n) is 1.19. The summed E-state index contributed by atoms with van der Waals surface area (Å²) in [6.07, 6.45) is 2.50. The molecule has 0 fully saturated rings. The summed E-state index contributed by atoms with van der Waals surface area (Å²) in [6, 6.07) is 1.77. The zero-order chi connectivity index (χ0) is 12.3. The molecule has 0 amide bonds. The van der Waals surface area contributed by atoms with E-state index < -0.39 is 5.60 Å². The van der Waals surface area contributed by atoms with Crippen LogP contribution in [0.4, 0.5) is 5.00 Å². The van der Waals surface area contributed by atoms with Crippen molar-refractivity contribution in [2.75, 3.05) is 5.73 Å². The Morgan fingerprint density at radius 3 is 2.75 bits per heavy atom. The van der Waals surface area contributed by atoms with Gasteiger partial charge >= 0.3 is 5.97 Å². The van der Waals surface area contributed by atoms with Crippen molar-refractivity contribution >= 4 is 22.3 Å². The quantitative estimate of drug-likeness (QED) is 0.651. The number of carbonyl (C=O) groups is 1. The van der Waals surface area contributed by atoms with E-state index in [1.807, 2.05) is 20.8 Å². The van der Waals surface area contributed by atoms with E-state index in [-0.39, 0.29) is 5.97 Å². The minimum Gasteiger partial charge on any atom is -0.456 e. The van der Waals surface area contributed by atoms with Crippen LogP contribution in [0, 0.1) is 0 Å². The van der Waals surface area contributed by atoms with Crippen molar-refractivity contribution in [3.05, 3.63) is 29.2 Å². The number of hydrogen-bond acceptors (Lipinski definition) is 4. The van der Waals surface area contributed by atoms with Gasteiger partial charge in [0.15, 0.2) is 0 Å². The molecule has 1 aromatic heterocycles. The largest absolute Gasteiger partial charge is 0.456 e. The molecule has 0 radical (unpaired) electrons. The first-order valence-corrected chi connectivity index (χ1v) is 5.87. The van der Waals surface area contributed by atoms with Crippen molar-refractivity contribution in [1.82, 2.24) is 0 Å². The topological polar surface area (TPSA) is 52.3 Å². The van der Waals surface area contributed by atoms with Gasteiger partial charge in [0.1, 0.15) is 10.6 Å². The number of nitrogen functional groups attached to an aromatic ring is 1.